The van der Waals surface area contributed by atoms with E-state index in [4.69, 9.17) is 4.74 Å². The van der Waals surface area contributed by atoms with Crippen LogP contribution in [-0.2, 0) is 19.2 Å². The zero-order chi connectivity index (χ0) is 29.8. The van der Waals surface area contributed by atoms with Crippen molar-refractivity contribution in [3.8, 4) is 15.5 Å². The van der Waals surface area contributed by atoms with Crippen molar-refractivity contribution in [2.24, 2.45) is 11.8 Å². The van der Waals surface area contributed by atoms with Gasteiger partial charge in [-0.25, -0.2) is 4.79 Å². The van der Waals surface area contributed by atoms with Gasteiger partial charge in [0.25, 0.3) is 0 Å². The molecule has 0 radical (unpaired) electrons. The number of rotatable bonds is 9. The number of nitrogens with one attached hydrogen (secondary N) is 2. The Morgan fingerprint density at radius 2 is 1.68 bits per heavy atom. The van der Waals surface area contributed by atoms with Gasteiger partial charge < -0.3 is 25.2 Å². The second-order valence-corrected chi connectivity index (χ2v) is 12.4. The van der Waals surface area contributed by atoms with Crippen LogP contribution in [0.2, 0.25) is 0 Å². The summed E-state index contributed by atoms with van der Waals surface area (Å²) in [6.07, 6.45) is 0.0524. The Balaban J connectivity index is 1.44. The molecule has 4 rings (SSSR count). The van der Waals surface area contributed by atoms with Crippen LogP contribution in [-0.4, -0.2) is 76.7 Å². The fraction of sp³-hybridized carbons (Fsp3) is 0.500. The van der Waals surface area contributed by atoms with Crippen LogP contribution >= 0.6 is 11.3 Å². The molecule has 10 nitrogen and oxygen atoms in total. The highest BCUT2D eigenvalue weighted by atomic mass is 32.1. The molecule has 220 valence electrons. The Morgan fingerprint density at radius 3 is 2.32 bits per heavy atom. The van der Waals surface area contributed by atoms with Crippen molar-refractivity contribution in [2.75, 3.05) is 13.1 Å². The van der Waals surface area contributed by atoms with E-state index >= 15 is 0 Å². The molecule has 2 aromatic rings. The molecule has 0 bridgehead atoms. The van der Waals surface area contributed by atoms with Crippen molar-refractivity contribution in [1.82, 2.24) is 20.4 Å². The number of carbonyl (C=O) groups is 5. The first-order valence-electron chi connectivity index (χ1n) is 14.0. The minimum atomic E-state index is -0.893. The molecule has 4 amide bonds. The number of amides is 4. The third-order valence-corrected chi connectivity index (χ3v) is 8.42. The lowest BCUT2D eigenvalue weighted by Crippen LogP contribution is -2.54. The molecule has 2 fully saturated rings. The van der Waals surface area contributed by atoms with Gasteiger partial charge in [-0.2, -0.15) is 0 Å². The van der Waals surface area contributed by atoms with Crippen LogP contribution in [0, 0.1) is 11.8 Å². The Hall–Kier alpha value is -3.73. The van der Waals surface area contributed by atoms with Gasteiger partial charge in [-0.3, -0.25) is 19.2 Å². The molecule has 2 saturated heterocycles. The number of benzene rings is 1. The normalized spacial score (nSPS) is 19.7. The van der Waals surface area contributed by atoms with Crippen molar-refractivity contribution in [3.63, 3.8) is 0 Å². The van der Waals surface area contributed by atoms with E-state index in [2.05, 4.69) is 10.6 Å². The quantitative estimate of drug-likeness (QED) is 0.467. The molecule has 2 N–H and O–H groups in total. The highest BCUT2D eigenvalue weighted by Gasteiger charge is 2.53. The van der Waals surface area contributed by atoms with E-state index in [-0.39, 0.29) is 48.4 Å². The van der Waals surface area contributed by atoms with Crippen LogP contribution in [0.4, 0.5) is 4.79 Å². The third-order valence-electron chi connectivity index (χ3n) is 7.41. The Morgan fingerprint density at radius 1 is 0.976 bits per heavy atom. The molecule has 2 aliphatic heterocycles. The SMILES string of the molecule is CC(=O)NC(C(=O)N1CC(=O)C2C1CCN2C(=O)C(CC(C)C)NC(=O)Oc1ccc(-c2ccccc2)s1)C(C)C. The Bertz CT molecular complexity index is 1290. The van der Waals surface area contributed by atoms with Crippen LogP contribution in [0.3, 0.4) is 0 Å². The summed E-state index contributed by atoms with van der Waals surface area (Å²) in [5, 5.41) is 5.82. The molecular formula is C30H38N4O6S. The minimum absolute atomic E-state index is 0.0795. The molecule has 0 saturated carbocycles. The van der Waals surface area contributed by atoms with Gasteiger partial charge in [0.1, 0.15) is 18.1 Å². The summed E-state index contributed by atoms with van der Waals surface area (Å²) >= 11 is 1.33. The largest absolute Gasteiger partial charge is 0.414 e. The molecule has 3 heterocycles. The van der Waals surface area contributed by atoms with Gasteiger partial charge in [0.2, 0.25) is 17.7 Å². The zero-order valence-electron chi connectivity index (χ0n) is 24.1. The average molecular weight is 583 g/mol. The molecule has 11 heteroatoms. The van der Waals surface area contributed by atoms with Crippen LogP contribution in [0.15, 0.2) is 42.5 Å². The number of Topliss-reactive ketones (excluding diaryl/α,β-unsaturated/α-hetero) is 1. The highest BCUT2D eigenvalue weighted by Crippen LogP contribution is 2.34. The summed E-state index contributed by atoms with van der Waals surface area (Å²) < 4.78 is 5.52. The molecule has 1 aromatic heterocycles. The fourth-order valence-corrected chi connectivity index (χ4v) is 6.42. The number of hydrogen-bond acceptors (Lipinski definition) is 7. The number of ether oxygens (including phenoxy) is 1. The Kier molecular flexibility index (Phi) is 9.47. The summed E-state index contributed by atoms with van der Waals surface area (Å²) in [5.74, 6) is -1.33. The lowest BCUT2D eigenvalue weighted by atomic mass is 10.0. The van der Waals surface area contributed by atoms with E-state index in [9.17, 15) is 24.0 Å². The van der Waals surface area contributed by atoms with Gasteiger partial charge in [0, 0.05) is 18.3 Å². The van der Waals surface area contributed by atoms with Gasteiger partial charge in [-0.1, -0.05) is 69.4 Å². The van der Waals surface area contributed by atoms with Crippen molar-refractivity contribution >= 4 is 40.9 Å². The van der Waals surface area contributed by atoms with Crippen LogP contribution in [0.25, 0.3) is 10.4 Å². The molecule has 41 heavy (non-hydrogen) atoms. The van der Waals surface area contributed by atoms with E-state index < -0.39 is 30.3 Å². The molecule has 0 spiro atoms. The van der Waals surface area contributed by atoms with Gasteiger partial charge in [-0.15, -0.1) is 0 Å². The topological polar surface area (TPSA) is 125 Å². The van der Waals surface area contributed by atoms with E-state index in [1.165, 1.54) is 28.1 Å². The maximum Gasteiger partial charge on any atom is 0.414 e. The molecule has 4 unspecified atom stereocenters. The fourth-order valence-electron chi connectivity index (χ4n) is 5.56. The van der Waals surface area contributed by atoms with E-state index in [0.29, 0.717) is 17.9 Å². The number of likely N-dealkylation sites (tertiary alicyclic amines) is 2. The number of thiophene rings is 1. The van der Waals surface area contributed by atoms with Gasteiger partial charge in [0.15, 0.2) is 10.8 Å². The summed E-state index contributed by atoms with van der Waals surface area (Å²) in [6, 6.07) is 10.4. The highest BCUT2D eigenvalue weighted by molar-refractivity contribution is 7.17. The van der Waals surface area contributed by atoms with E-state index in [1.807, 2.05) is 64.1 Å². The average Bonchev–Trinajstić information content (AvgIpc) is 3.63. The number of nitrogens with zero attached hydrogens (tertiary/aromatic N) is 2. The summed E-state index contributed by atoms with van der Waals surface area (Å²) in [7, 11) is 0. The monoisotopic (exact) mass is 582 g/mol. The van der Waals surface area contributed by atoms with E-state index in [0.717, 1.165) is 10.4 Å². The molecule has 0 aliphatic carbocycles. The summed E-state index contributed by atoms with van der Waals surface area (Å²) in [5.41, 5.74) is 1.01. The number of fused-ring (bicyclic) bond motifs is 1. The standard InChI is InChI=1S/C30H38N4O6S/c1-17(2)15-21(32-30(39)40-25-12-11-24(41-25)20-9-7-6-8-10-20)28(37)33-14-13-22-27(33)23(36)16-34(22)29(38)26(18(3)4)31-19(5)35/h6-12,17-18,21-22,26-27H,13-16H2,1-5H3,(H,31,35)(H,32,39). The predicted octanol–water partition coefficient (Wildman–Crippen LogP) is 3.46. The first-order chi connectivity index (χ1) is 19.5. The van der Waals surface area contributed by atoms with Crippen molar-refractivity contribution < 1.29 is 28.7 Å². The Labute approximate surface area is 244 Å². The van der Waals surface area contributed by atoms with Crippen LogP contribution in [0.1, 0.15) is 47.5 Å². The summed E-state index contributed by atoms with van der Waals surface area (Å²) in [4.78, 5) is 68.8. The van der Waals surface area contributed by atoms with Crippen molar-refractivity contribution in [2.45, 2.75) is 71.6 Å². The van der Waals surface area contributed by atoms with Gasteiger partial charge >= 0.3 is 6.09 Å². The number of carbonyl (C=O) groups excluding carboxylic acids is 5. The smallest absolute Gasteiger partial charge is 0.399 e. The van der Waals surface area contributed by atoms with E-state index in [1.54, 1.807) is 6.07 Å². The van der Waals surface area contributed by atoms with Crippen molar-refractivity contribution in [3.05, 3.63) is 42.5 Å². The predicted molar refractivity (Wildman–Crippen MR) is 155 cm³/mol. The second kappa shape index (κ2) is 12.8. The molecule has 4 atom stereocenters. The lowest BCUT2D eigenvalue weighted by Gasteiger charge is -2.30. The first kappa shape index (κ1) is 30.2. The zero-order valence-corrected chi connectivity index (χ0v) is 24.9. The van der Waals surface area contributed by atoms with Crippen LogP contribution in [0.5, 0.6) is 5.06 Å². The van der Waals surface area contributed by atoms with Crippen LogP contribution < -0.4 is 15.4 Å². The second-order valence-electron chi connectivity index (χ2n) is 11.4. The molecule has 1 aromatic carbocycles. The third kappa shape index (κ3) is 6.95. The first-order valence-corrected chi connectivity index (χ1v) is 14.8. The lowest BCUT2D eigenvalue weighted by molar-refractivity contribution is -0.138. The molecule has 2 aliphatic rings. The number of ketones is 1. The molecular weight excluding hydrogens is 544 g/mol. The summed E-state index contributed by atoms with van der Waals surface area (Å²) in [6.45, 7) is 9.07. The minimum Gasteiger partial charge on any atom is -0.399 e. The maximum atomic E-state index is 13.8. The number of hydrogen-bond donors (Lipinski definition) is 2. The van der Waals surface area contributed by atoms with Crippen molar-refractivity contribution in [1.29, 1.82) is 0 Å². The van der Waals surface area contributed by atoms with Gasteiger partial charge in [-0.05, 0) is 42.4 Å². The maximum absolute atomic E-state index is 13.8. The van der Waals surface area contributed by atoms with Gasteiger partial charge in [0.05, 0.1) is 12.6 Å².